The summed E-state index contributed by atoms with van der Waals surface area (Å²) >= 11 is 0. The number of alkyl halides is 3. The van der Waals surface area contributed by atoms with Crippen molar-refractivity contribution in [1.82, 2.24) is 4.90 Å². The molecule has 2 heterocycles. The molecule has 3 rings (SSSR count). The minimum Gasteiger partial charge on any atom is -0.406 e. The van der Waals surface area contributed by atoms with Crippen molar-refractivity contribution >= 4 is 0 Å². The van der Waals surface area contributed by atoms with Crippen LogP contribution in [-0.2, 0) is 11.3 Å². The number of benzene rings is 1. The molecule has 1 N–H and O–H groups in total. The summed E-state index contributed by atoms with van der Waals surface area (Å²) in [5.41, 5.74) is 0.933. The molecule has 2 saturated heterocycles. The van der Waals surface area contributed by atoms with E-state index in [-0.39, 0.29) is 23.8 Å². The fourth-order valence-electron chi connectivity index (χ4n) is 3.68. The maximum atomic E-state index is 12.2. The summed E-state index contributed by atoms with van der Waals surface area (Å²) in [6, 6.07) is 6.25. The van der Waals surface area contributed by atoms with Crippen LogP contribution in [0.5, 0.6) is 5.75 Å². The second-order valence-corrected chi connectivity index (χ2v) is 6.47. The highest BCUT2D eigenvalue weighted by molar-refractivity contribution is 5.27. The molecule has 0 unspecified atom stereocenters. The van der Waals surface area contributed by atoms with Crippen molar-refractivity contribution in [2.75, 3.05) is 19.8 Å². The lowest BCUT2D eigenvalue weighted by molar-refractivity contribution is -0.274. The van der Waals surface area contributed by atoms with Gasteiger partial charge in [0.05, 0.1) is 12.7 Å². The Morgan fingerprint density at radius 1 is 1.21 bits per heavy atom. The van der Waals surface area contributed by atoms with Crippen molar-refractivity contribution in [3.05, 3.63) is 29.8 Å². The number of aliphatic hydroxyl groups excluding tert-OH is 1. The Kier molecular flexibility index (Phi) is 5.32. The quantitative estimate of drug-likeness (QED) is 0.911. The number of hydrogen-bond donors (Lipinski definition) is 1. The molecule has 1 aromatic rings. The Morgan fingerprint density at radius 3 is 2.62 bits per heavy atom. The van der Waals surface area contributed by atoms with Gasteiger partial charge in [0.25, 0.3) is 0 Å². The van der Waals surface area contributed by atoms with E-state index in [1.807, 2.05) is 0 Å². The summed E-state index contributed by atoms with van der Waals surface area (Å²) in [4.78, 5) is 2.29. The summed E-state index contributed by atoms with van der Waals surface area (Å²) in [6.07, 6.45) is -2.27. The molecule has 0 radical (unpaired) electrons. The van der Waals surface area contributed by atoms with Crippen LogP contribution >= 0.6 is 0 Å². The third-order valence-corrected chi connectivity index (χ3v) is 4.81. The lowest BCUT2D eigenvalue weighted by Crippen LogP contribution is -2.45. The van der Waals surface area contributed by atoms with Gasteiger partial charge in [0, 0.05) is 25.1 Å². The summed E-state index contributed by atoms with van der Waals surface area (Å²) in [7, 11) is 0. The molecular formula is C17H22F3NO3. The summed E-state index contributed by atoms with van der Waals surface area (Å²) in [5, 5.41) is 10.2. The molecule has 7 heteroatoms. The molecule has 2 fully saturated rings. The molecule has 4 nitrogen and oxygen atoms in total. The van der Waals surface area contributed by atoms with Gasteiger partial charge in [0.15, 0.2) is 0 Å². The van der Waals surface area contributed by atoms with E-state index in [0.717, 1.165) is 24.9 Å². The fourth-order valence-corrected chi connectivity index (χ4v) is 3.68. The van der Waals surface area contributed by atoms with Crippen molar-refractivity contribution in [2.24, 2.45) is 5.92 Å². The first-order valence-corrected chi connectivity index (χ1v) is 8.27. The number of ether oxygens (including phenoxy) is 2. The molecule has 3 atom stereocenters. The van der Waals surface area contributed by atoms with Gasteiger partial charge in [-0.2, -0.15) is 0 Å². The molecule has 0 bridgehead atoms. The first-order valence-electron chi connectivity index (χ1n) is 8.27. The Balaban J connectivity index is 1.62. The van der Waals surface area contributed by atoms with Gasteiger partial charge in [0.1, 0.15) is 5.75 Å². The highest BCUT2D eigenvalue weighted by Gasteiger charge is 2.37. The van der Waals surface area contributed by atoms with Gasteiger partial charge in [0.2, 0.25) is 0 Å². The third kappa shape index (κ3) is 4.40. The first-order chi connectivity index (χ1) is 11.4. The van der Waals surface area contributed by atoms with Gasteiger partial charge in [-0.3, -0.25) is 4.90 Å². The Bertz CT molecular complexity index is 535. The van der Waals surface area contributed by atoms with E-state index < -0.39 is 6.36 Å². The molecule has 0 amide bonds. The Morgan fingerprint density at radius 2 is 1.96 bits per heavy atom. The van der Waals surface area contributed by atoms with Crippen LogP contribution < -0.4 is 4.74 Å². The van der Waals surface area contributed by atoms with Crippen LogP contribution in [0.25, 0.3) is 0 Å². The highest BCUT2D eigenvalue weighted by atomic mass is 19.4. The number of aliphatic hydroxyl groups is 1. The maximum absolute atomic E-state index is 12.2. The Hall–Kier alpha value is -1.31. The minimum atomic E-state index is -4.67. The SMILES string of the molecule is O[C@@H]1CCOC[C@@H]1[C@H]1CCCN1Cc1ccc(OC(F)(F)F)cc1. The van der Waals surface area contributed by atoms with Crippen molar-refractivity contribution in [3.8, 4) is 5.75 Å². The predicted octanol–water partition coefficient (Wildman–Crippen LogP) is 2.95. The molecule has 134 valence electrons. The average molecular weight is 345 g/mol. The van der Waals surface area contributed by atoms with Crippen LogP contribution in [0, 0.1) is 5.92 Å². The number of halogens is 3. The van der Waals surface area contributed by atoms with E-state index in [4.69, 9.17) is 4.74 Å². The normalized spacial score (nSPS) is 28.9. The van der Waals surface area contributed by atoms with Gasteiger partial charge < -0.3 is 14.6 Å². The molecule has 0 aromatic heterocycles. The topological polar surface area (TPSA) is 41.9 Å². The van der Waals surface area contributed by atoms with Gasteiger partial charge in [-0.1, -0.05) is 12.1 Å². The molecule has 0 aliphatic carbocycles. The minimum absolute atomic E-state index is 0.106. The molecule has 24 heavy (non-hydrogen) atoms. The lowest BCUT2D eigenvalue weighted by atomic mass is 9.89. The summed E-state index contributed by atoms with van der Waals surface area (Å²) in [5.74, 6) is -0.102. The molecular weight excluding hydrogens is 323 g/mol. The van der Waals surface area contributed by atoms with Gasteiger partial charge >= 0.3 is 6.36 Å². The van der Waals surface area contributed by atoms with Crippen LogP contribution in [0.4, 0.5) is 13.2 Å². The zero-order valence-corrected chi connectivity index (χ0v) is 13.3. The van der Waals surface area contributed by atoms with Gasteiger partial charge in [-0.05, 0) is 43.5 Å². The van der Waals surface area contributed by atoms with Crippen LogP contribution in [0.1, 0.15) is 24.8 Å². The van der Waals surface area contributed by atoms with E-state index in [9.17, 15) is 18.3 Å². The lowest BCUT2D eigenvalue weighted by Gasteiger charge is -2.37. The van der Waals surface area contributed by atoms with E-state index >= 15 is 0 Å². The number of nitrogens with zero attached hydrogens (tertiary/aromatic N) is 1. The van der Waals surface area contributed by atoms with Crippen molar-refractivity contribution in [1.29, 1.82) is 0 Å². The zero-order chi connectivity index (χ0) is 17.2. The molecule has 0 saturated carbocycles. The first kappa shape index (κ1) is 17.5. The van der Waals surface area contributed by atoms with Crippen molar-refractivity contribution in [2.45, 2.75) is 44.3 Å². The van der Waals surface area contributed by atoms with Crippen LogP contribution in [0.15, 0.2) is 24.3 Å². The van der Waals surface area contributed by atoms with E-state index in [2.05, 4.69) is 9.64 Å². The van der Waals surface area contributed by atoms with Gasteiger partial charge in [-0.25, -0.2) is 0 Å². The molecule has 2 aliphatic rings. The van der Waals surface area contributed by atoms with Crippen molar-refractivity contribution < 1.29 is 27.8 Å². The largest absolute Gasteiger partial charge is 0.573 e. The number of hydrogen-bond acceptors (Lipinski definition) is 4. The van der Waals surface area contributed by atoms with Crippen molar-refractivity contribution in [3.63, 3.8) is 0 Å². The van der Waals surface area contributed by atoms with Crippen LogP contribution in [0.3, 0.4) is 0 Å². The second-order valence-electron chi connectivity index (χ2n) is 6.47. The third-order valence-electron chi connectivity index (χ3n) is 4.81. The summed E-state index contributed by atoms with van der Waals surface area (Å²) in [6.45, 7) is 2.75. The van der Waals surface area contributed by atoms with Gasteiger partial charge in [-0.15, -0.1) is 13.2 Å². The predicted molar refractivity (Wildman–Crippen MR) is 81.5 cm³/mol. The summed E-state index contributed by atoms with van der Waals surface area (Å²) < 4.78 is 46.0. The number of likely N-dealkylation sites (tertiary alicyclic amines) is 1. The molecule has 2 aliphatic heterocycles. The second kappa shape index (κ2) is 7.29. The van der Waals surface area contributed by atoms with E-state index in [1.54, 1.807) is 12.1 Å². The standard InChI is InChI=1S/C17H22F3NO3/c18-17(19,20)24-13-5-3-12(4-6-13)10-21-8-1-2-15(21)14-11-23-9-7-16(14)22/h3-6,14-16,22H,1-2,7-11H2/t14-,15-,16-/m1/s1. The Labute approximate surface area is 139 Å². The van der Waals surface area contributed by atoms with E-state index in [0.29, 0.717) is 26.2 Å². The maximum Gasteiger partial charge on any atom is 0.573 e. The van der Waals surface area contributed by atoms with E-state index in [1.165, 1.54) is 12.1 Å². The highest BCUT2D eigenvalue weighted by Crippen LogP contribution is 2.31. The van der Waals surface area contributed by atoms with Crippen LogP contribution in [0.2, 0.25) is 0 Å². The zero-order valence-electron chi connectivity index (χ0n) is 13.3. The smallest absolute Gasteiger partial charge is 0.406 e. The number of rotatable bonds is 4. The van der Waals surface area contributed by atoms with Crippen LogP contribution in [-0.4, -0.2) is 48.3 Å². The molecule has 0 spiro atoms. The monoisotopic (exact) mass is 345 g/mol. The molecule has 1 aromatic carbocycles. The average Bonchev–Trinajstić information content (AvgIpc) is 2.96. The fraction of sp³-hybridized carbons (Fsp3) is 0.647.